The summed E-state index contributed by atoms with van der Waals surface area (Å²) in [5.41, 5.74) is -0.180. The molecule has 94 valence electrons. The van der Waals surface area contributed by atoms with Gasteiger partial charge in [-0.2, -0.15) is 0 Å². The first-order chi connectivity index (χ1) is 7.91. The highest BCUT2D eigenvalue weighted by atomic mass is 79.9. The highest BCUT2D eigenvalue weighted by Gasteiger charge is 2.25. The number of carbonyl (C=O) groups is 1. The fraction of sp³-hybridized carbons (Fsp3) is 0.364. The smallest absolute Gasteiger partial charge is 0.252 e. The van der Waals surface area contributed by atoms with Gasteiger partial charge in [0.2, 0.25) is 0 Å². The molecule has 1 aromatic carbocycles. The third-order valence-corrected chi connectivity index (χ3v) is 4.28. The minimum absolute atomic E-state index is 0.237. The Hall–Kier alpha value is 0.0400. The van der Waals surface area contributed by atoms with Crippen LogP contribution in [0.4, 0.5) is 0 Å². The van der Waals surface area contributed by atoms with Gasteiger partial charge in [-0.1, -0.05) is 11.6 Å². The third-order valence-electron chi connectivity index (χ3n) is 2.18. The molecule has 0 aliphatic carbocycles. The average Bonchev–Trinajstić information content (AvgIpc) is 2.32. The van der Waals surface area contributed by atoms with E-state index in [0.29, 0.717) is 15.1 Å². The van der Waals surface area contributed by atoms with Crippen molar-refractivity contribution in [2.75, 3.05) is 11.8 Å². The standard InChI is InChI=1S/C11H11BrCl3NO/c1-11(5-13,6-14)16-10(17)8-4-7(15)2-3-9(8)12/h2-4H,5-6H2,1H3,(H,16,17). The van der Waals surface area contributed by atoms with Gasteiger partial charge in [-0.25, -0.2) is 0 Å². The summed E-state index contributed by atoms with van der Waals surface area (Å²) in [5.74, 6) is 0.212. The maximum atomic E-state index is 12.0. The van der Waals surface area contributed by atoms with Crippen molar-refractivity contribution in [2.45, 2.75) is 12.5 Å². The summed E-state index contributed by atoms with van der Waals surface area (Å²) in [6.07, 6.45) is 0. The molecule has 0 unspecified atom stereocenters. The summed E-state index contributed by atoms with van der Waals surface area (Å²) in [6, 6.07) is 5.00. The van der Waals surface area contributed by atoms with E-state index in [9.17, 15) is 4.79 Å². The van der Waals surface area contributed by atoms with Crippen LogP contribution < -0.4 is 5.32 Å². The minimum Gasteiger partial charge on any atom is -0.344 e. The lowest BCUT2D eigenvalue weighted by Crippen LogP contribution is -2.49. The number of halogens is 4. The van der Waals surface area contributed by atoms with E-state index in [1.165, 1.54) is 0 Å². The van der Waals surface area contributed by atoms with Crippen molar-refractivity contribution in [3.8, 4) is 0 Å². The Kier molecular flexibility index (Phi) is 5.58. The normalized spacial score (nSPS) is 11.4. The first-order valence-corrected chi connectivity index (χ1v) is 7.05. The summed E-state index contributed by atoms with van der Waals surface area (Å²) >= 11 is 20.7. The zero-order chi connectivity index (χ0) is 13.1. The highest BCUT2D eigenvalue weighted by Crippen LogP contribution is 2.22. The summed E-state index contributed by atoms with van der Waals surface area (Å²) in [5, 5.41) is 3.28. The van der Waals surface area contributed by atoms with Crippen LogP contribution in [0.15, 0.2) is 22.7 Å². The second-order valence-electron chi connectivity index (χ2n) is 3.91. The quantitative estimate of drug-likeness (QED) is 0.807. The van der Waals surface area contributed by atoms with Crippen molar-refractivity contribution >= 4 is 56.6 Å². The average molecular weight is 359 g/mol. The molecular weight excluding hydrogens is 348 g/mol. The number of benzene rings is 1. The predicted octanol–water partition coefficient (Wildman–Crippen LogP) is 4.07. The van der Waals surface area contributed by atoms with Crippen LogP contribution in [-0.2, 0) is 0 Å². The lowest BCUT2D eigenvalue weighted by Gasteiger charge is -2.26. The Labute approximate surface area is 124 Å². The van der Waals surface area contributed by atoms with Crippen LogP contribution in [0.1, 0.15) is 17.3 Å². The van der Waals surface area contributed by atoms with E-state index in [4.69, 9.17) is 34.8 Å². The van der Waals surface area contributed by atoms with Gasteiger partial charge in [0.15, 0.2) is 0 Å². The van der Waals surface area contributed by atoms with Crippen LogP contribution in [0.5, 0.6) is 0 Å². The summed E-state index contributed by atoms with van der Waals surface area (Å²) in [7, 11) is 0. The molecule has 0 fully saturated rings. The van der Waals surface area contributed by atoms with Crippen molar-refractivity contribution in [1.29, 1.82) is 0 Å². The van der Waals surface area contributed by atoms with E-state index in [1.807, 2.05) is 0 Å². The lowest BCUT2D eigenvalue weighted by molar-refractivity contribution is 0.0920. The Morgan fingerprint density at radius 1 is 1.41 bits per heavy atom. The maximum absolute atomic E-state index is 12.0. The van der Waals surface area contributed by atoms with Crippen molar-refractivity contribution in [3.63, 3.8) is 0 Å². The maximum Gasteiger partial charge on any atom is 0.252 e. The molecule has 0 saturated carbocycles. The molecule has 0 saturated heterocycles. The molecule has 17 heavy (non-hydrogen) atoms. The number of alkyl halides is 2. The van der Waals surface area contributed by atoms with Crippen LogP contribution in [0, 0.1) is 0 Å². The van der Waals surface area contributed by atoms with E-state index in [1.54, 1.807) is 25.1 Å². The largest absolute Gasteiger partial charge is 0.344 e. The first-order valence-electron chi connectivity index (χ1n) is 4.81. The Balaban J connectivity index is 2.94. The van der Waals surface area contributed by atoms with Crippen LogP contribution in [0.25, 0.3) is 0 Å². The van der Waals surface area contributed by atoms with Crippen molar-refractivity contribution in [1.82, 2.24) is 5.32 Å². The molecule has 1 aromatic rings. The van der Waals surface area contributed by atoms with E-state index in [-0.39, 0.29) is 17.7 Å². The van der Waals surface area contributed by atoms with E-state index >= 15 is 0 Å². The van der Waals surface area contributed by atoms with E-state index < -0.39 is 5.54 Å². The van der Waals surface area contributed by atoms with Gasteiger partial charge in [0, 0.05) is 21.3 Å². The Morgan fingerprint density at radius 2 is 2.00 bits per heavy atom. The molecule has 2 nitrogen and oxygen atoms in total. The molecule has 0 aliphatic rings. The molecule has 6 heteroatoms. The summed E-state index contributed by atoms with van der Waals surface area (Å²) in [4.78, 5) is 12.0. The zero-order valence-electron chi connectivity index (χ0n) is 9.07. The number of amides is 1. The fourth-order valence-corrected chi connectivity index (χ4v) is 2.13. The van der Waals surface area contributed by atoms with Gasteiger partial charge in [0.1, 0.15) is 0 Å². The monoisotopic (exact) mass is 357 g/mol. The van der Waals surface area contributed by atoms with E-state index in [0.717, 1.165) is 0 Å². The molecule has 0 spiro atoms. The SMILES string of the molecule is CC(CCl)(CCl)NC(=O)c1cc(Cl)ccc1Br. The molecule has 0 bridgehead atoms. The van der Waals surface area contributed by atoms with Gasteiger partial charge in [-0.3, -0.25) is 4.79 Å². The molecule has 0 atom stereocenters. The molecular formula is C11H11BrCl3NO. The zero-order valence-corrected chi connectivity index (χ0v) is 12.9. The Bertz CT molecular complexity index is 421. The molecule has 0 radical (unpaired) electrons. The number of nitrogens with one attached hydrogen (secondary N) is 1. The van der Waals surface area contributed by atoms with E-state index in [2.05, 4.69) is 21.2 Å². The lowest BCUT2D eigenvalue weighted by atomic mass is 10.1. The topological polar surface area (TPSA) is 29.1 Å². The number of carbonyl (C=O) groups excluding carboxylic acids is 1. The first kappa shape index (κ1) is 15.1. The molecule has 1 N–H and O–H groups in total. The summed E-state index contributed by atoms with van der Waals surface area (Å²) in [6.45, 7) is 1.78. The van der Waals surface area contributed by atoms with Gasteiger partial charge in [0.25, 0.3) is 5.91 Å². The van der Waals surface area contributed by atoms with Crippen LogP contribution in [0.3, 0.4) is 0 Å². The fourth-order valence-electron chi connectivity index (χ4n) is 1.12. The number of hydrogen-bond acceptors (Lipinski definition) is 1. The molecule has 0 aliphatic heterocycles. The van der Waals surface area contributed by atoms with Gasteiger partial charge >= 0.3 is 0 Å². The van der Waals surface area contributed by atoms with Crippen molar-refractivity contribution in [2.24, 2.45) is 0 Å². The van der Waals surface area contributed by atoms with Gasteiger partial charge in [-0.15, -0.1) is 23.2 Å². The molecule has 0 aromatic heterocycles. The van der Waals surface area contributed by atoms with Crippen molar-refractivity contribution < 1.29 is 4.79 Å². The third kappa shape index (κ3) is 4.02. The Morgan fingerprint density at radius 3 is 2.53 bits per heavy atom. The number of hydrogen-bond donors (Lipinski definition) is 1. The number of rotatable bonds is 4. The molecule has 0 heterocycles. The second kappa shape index (κ2) is 6.28. The molecule has 1 amide bonds. The minimum atomic E-state index is -0.637. The van der Waals surface area contributed by atoms with Crippen LogP contribution in [-0.4, -0.2) is 23.2 Å². The second-order valence-corrected chi connectivity index (χ2v) is 5.73. The summed E-state index contributed by atoms with van der Waals surface area (Å²) < 4.78 is 0.672. The molecule has 1 rings (SSSR count). The van der Waals surface area contributed by atoms with Gasteiger partial charge in [-0.05, 0) is 41.1 Å². The highest BCUT2D eigenvalue weighted by molar-refractivity contribution is 9.10. The van der Waals surface area contributed by atoms with Crippen LogP contribution >= 0.6 is 50.7 Å². The van der Waals surface area contributed by atoms with Gasteiger partial charge in [0.05, 0.1) is 11.1 Å². The van der Waals surface area contributed by atoms with Crippen LogP contribution in [0.2, 0.25) is 5.02 Å². The van der Waals surface area contributed by atoms with Gasteiger partial charge < -0.3 is 5.32 Å². The predicted molar refractivity (Wildman–Crippen MR) is 76.5 cm³/mol. The van der Waals surface area contributed by atoms with Crippen molar-refractivity contribution in [3.05, 3.63) is 33.3 Å².